The molecule has 0 unspecified atom stereocenters. The largest absolute Gasteiger partial charge is 0.383 e. The molecule has 0 spiro atoms. The van der Waals surface area contributed by atoms with E-state index in [1.165, 1.54) is 34.9 Å². The van der Waals surface area contributed by atoms with Gasteiger partial charge in [-0.05, 0) is 43.1 Å². The summed E-state index contributed by atoms with van der Waals surface area (Å²) in [7, 11) is 1.78. The summed E-state index contributed by atoms with van der Waals surface area (Å²) in [6.07, 6.45) is 5.16. The molecular formula is C11H17N3OS. The van der Waals surface area contributed by atoms with Crippen molar-refractivity contribution >= 4 is 22.4 Å². The lowest BCUT2D eigenvalue weighted by molar-refractivity contribution is 0.0329. The van der Waals surface area contributed by atoms with E-state index >= 15 is 0 Å². The second-order valence-electron chi connectivity index (χ2n) is 4.76. The number of hydrogen-bond acceptors (Lipinski definition) is 5. The van der Waals surface area contributed by atoms with Gasteiger partial charge in [0.1, 0.15) is 10.8 Å². The molecule has 0 saturated heterocycles. The Bertz CT molecular complexity index is 383. The summed E-state index contributed by atoms with van der Waals surface area (Å²) in [5.41, 5.74) is 7.17. The number of nitrogen functional groups attached to an aromatic ring is 1. The lowest BCUT2D eigenvalue weighted by Crippen LogP contribution is -2.40. The van der Waals surface area contributed by atoms with E-state index in [0.717, 1.165) is 18.7 Å². The maximum Gasteiger partial charge on any atom is 0.142 e. The predicted octanol–water partition coefficient (Wildman–Crippen LogP) is 2.19. The fourth-order valence-electron chi connectivity index (χ4n) is 2.24. The summed E-state index contributed by atoms with van der Waals surface area (Å²) in [5.74, 6) is 1.40. The molecule has 0 aliphatic heterocycles. The van der Waals surface area contributed by atoms with Gasteiger partial charge in [-0.3, -0.25) is 0 Å². The average Bonchev–Trinajstić information content (AvgIpc) is 2.97. The SMILES string of the molecule is COC1CC(Nc2snc(N)c2C2CC2)C1. The normalized spacial score (nSPS) is 28.8. The first-order chi connectivity index (χ1) is 7.78. The van der Waals surface area contributed by atoms with Crippen molar-refractivity contribution in [3.05, 3.63) is 5.56 Å². The minimum absolute atomic E-state index is 0.437. The fourth-order valence-corrected chi connectivity index (χ4v) is 3.12. The predicted molar refractivity (Wildman–Crippen MR) is 65.9 cm³/mol. The third-order valence-electron chi connectivity index (χ3n) is 3.50. The number of nitrogens with zero attached hydrogens (tertiary/aromatic N) is 1. The average molecular weight is 239 g/mol. The fraction of sp³-hybridized carbons (Fsp3) is 0.727. The number of aromatic nitrogens is 1. The van der Waals surface area contributed by atoms with Gasteiger partial charge in [0.2, 0.25) is 0 Å². The van der Waals surface area contributed by atoms with Gasteiger partial charge in [-0.2, -0.15) is 4.37 Å². The van der Waals surface area contributed by atoms with Gasteiger partial charge in [0.15, 0.2) is 0 Å². The molecule has 0 amide bonds. The van der Waals surface area contributed by atoms with E-state index in [1.807, 2.05) is 0 Å². The monoisotopic (exact) mass is 239 g/mol. The Kier molecular flexibility index (Phi) is 2.52. The molecule has 2 aliphatic carbocycles. The third kappa shape index (κ3) is 1.78. The number of rotatable bonds is 4. The number of ether oxygens (including phenoxy) is 1. The lowest BCUT2D eigenvalue weighted by Gasteiger charge is -2.35. The highest BCUT2D eigenvalue weighted by molar-refractivity contribution is 7.10. The van der Waals surface area contributed by atoms with Gasteiger partial charge in [0.25, 0.3) is 0 Å². The zero-order valence-corrected chi connectivity index (χ0v) is 10.2. The second-order valence-corrected chi connectivity index (χ2v) is 5.53. The Morgan fingerprint density at radius 3 is 2.81 bits per heavy atom. The molecule has 0 atom stereocenters. The molecule has 5 heteroatoms. The maximum atomic E-state index is 5.91. The first-order valence-electron chi connectivity index (χ1n) is 5.82. The van der Waals surface area contributed by atoms with Gasteiger partial charge in [0, 0.05) is 18.7 Å². The zero-order chi connectivity index (χ0) is 11.1. The molecule has 0 aromatic carbocycles. The van der Waals surface area contributed by atoms with Crippen LogP contribution in [0.3, 0.4) is 0 Å². The molecule has 3 rings (SSSR count). The van der Waals surface area contributed by atoms with Crippen molar-refractivity contribution in [2.45, 2.75) is 43.7 Å². The van der Waals surface area contributed by atoms with Crippen molar-refractivity contribution in [2.24, 2.45) is 0 Å². The van der Waals surface area contributed by atoms with Crippen LogP contribution in [-0.4, -0.2) is 23.6 Å². The number of nitrogens with one attached hydrogen (secondary N) is 1. The molecule has 3 N–H and O–H groups in total. The third-order valence-corrected chi connectivity index (χ3v) is 4.31. The molecule has 2 saturated carbocycles. The van der Waals surface area contributed by atoms with Crippen molar-refractivity contribution in [1.29, 1.82) is 0 Å². The van der Waals surface area contributed by atoms with Gasteiger partial charge in [0.05, 0.1) is 6.10 Å². The van der Waals surface area contributed by atoms with Crippen LogP contribution in [0.5, 0.6) is 0 Å². The van der Waals surface area contributed by atoms with Crippen molar-refractivity contribution in [1.82, 2.24) is 4.37 Å². The van der Waals surface area contributed by atoms with E-state index in [-0.39, 0.29) is 0 Å². The van der Waals surface area contributed by atoms with Gasteiger partial charge >= 0.3 is 0 Å². The van der Waals surface area contributed by atoms with Crippen LogP contribution < -0.4 is 11.1 Å². The second kappa shape index (κ2) is 3.89. The smallest absolute Gasteiger partial charge is 0.142 e. The summed E-state index contributed by atoms with van der Waals surface area (Å²) in [5, 5.41) is 4.74. The molecule has 2 fully saturated rings. The van der Waals surface area contributed by atoms with E-state index < -0.39 is 0 Å². The van der Waals surface area contributed by atoms with E-state index in [9.17, 15) is 0 Å². The zero-order valence-electron chi connectivity index (χ0n) is 9.40. The highest BCUT2D eigenvalue weighted by atomic mass is 32.1. The van der Waals surface area contributed by atoms with Crippen LogP contribution >= 0.6 is 11.5 Å². The first kappa shape index (κ1) is 10.4. The van der Waals surface area contributed by atoms with Gasteiger partial charge < -0.3 is 15.8 Å². The summed E-state index contributed by atoms with van der Waals surface area (Å²) in [4.78, 5) is 0. The molecule has 1 heterocycles. The summed E-state index contributed by atoms with van der Waals surface area (Å²) >= 11 is 1.50. The Morgan fingerprint density at radius 1 is 1.44 bits per heavy atom. The van der Waals surface area contributed by atoms with Crippen molar-refractivity contribution < 1.29 is 4.74 Å². The molecule has 4 nitrogen and oxygen atoms in total. The minimum Gasteiger partial charge on any atom is -0.383 e. The van der Waals surface area contributed by atoms with Gasteiger partial charge in [-0.15, -0.1) is 0 Å². The summed E-state index contributed by atoms with van der Waals surface area (Å²) in [6, 6.07) is 0.544. The topological polar surface area (TPSA) is 60.2 Å². The Labute approximate surface area is 99.3 Å². The first-order valence-corrected chi connectivity index (χ1v) is 6.59. The molecule has 1 aromatic heterocycles. The van der Waals surface area contributed by atoms with E-state index in [1.54, 1.807) is 7.11 Å². The maximum absolute atomic E-state index is 5.91. The number of nitrogens with two attached hydrogens (primary N) is 1. The van der Waals surface area contributed by atoms with Crippen molar-refractivity contribution in [3.63, 3.8) is 0 Å². The van der Waals surface area contributed by atoms with Crippen LogP contribution in [0.4, 0.5) is 10.8 Å². The molecule has 2 aliphatic rings. The summed E-state index contributed by atoms with van der Waals surface area (Å²) < 4.78 is 9.53. The lowest BCUT2D eigenvalue weighted by atomic mass is 9.89. The van der Waals surface area contributed by atoms with Crippen LogP contribution in [0.15, 0.2) is 0 Å². The van der Waals surface area contributed by atoms with E-state index in [2.05, 4.69) is 9.69 Å². The minimum atomic E-state index is 0.437. The Balaban J connectivity index is 1.66. The van der Waals surface area contributed by atoms with Crippen LogP contribution in [0.2, 0.25) is 0 Å². The molecule has 16 heavy (non-hydrogen) atoms. The quantitative estimate of drug-likeness (QED) is 0.845. The standard InChI is InChI=1S/C11H17N3OS/c1-15-8-4-7(5-8)13-11-9(6-2-3-6)10(12)14-16-11/h6-8,13H,2-5H2,1H3,(H2,12,14). The number of hydrogen-bond donors (Lipinski definition) is 2. The molecule has 0 bridgehead atoms. The molecule has 1 aromatic rings. The molecule has 0 radical (unpaired) electrons. The van der Waals surface area contributed by atoms with Crippen LogP contribution in [0, 0.1) is 0 Å². The van der Waals surface area contributed by atoms with Crippen molar-refractivity contribution in [3.8, 4) is 0 Å². The van der Waals surface area contributed by atoms with Gasteiger partial charge in [-0.25, -0.2) is 0 Å². The van der Waals surface area contributed by atoms with E-state index in [4.69, 9.17) is 10.5 Å². The van der Waals surface area contributed by atoms with Gasteiger partial charge in [-0.1, -0.05) is 0 Å². The Morgan fingerprint density at radius 2 is 2.19 bits per heavy atom. The van der Waals surface area contributed by atoms with Crippen LogP contribution in [0.25, 0.3) is 0 Å². The van der Waals surface area contributed by atoms with Crippen LogP contribution in [-0.2, 0) is 4.74 Å². The summed E-state index contributed by atoms with van der Waals surface area (Å²) in [6.45, 7) is 0. The number of anilines is 2. The van der Waals surface area contributed by atoms with Crippen LogP contribution in [0.1, 0.15) is 37.2 Å². The highest BCUT2D eigenvalue weighted by Gasteiger charge is 2.34. The molecular weight excluding hydrogens is 222 g/mol. The highest BCUT2D eigenvalue weighted by Crippen LogP contribution is 2.48. The molecule has 88 valence electrons. The van der Waals surface area contributed by atoms with E-state index in [0.29, 0.717) is 18.1 Å². The van der Waals surface area contributed by atoms with Crippen molar-refractivity contribution in [2.75, 3.05) is 18.2 Å². The Hall–Kier alpha value is -0.810. The number of methoxy groups -OCH3 is 1.